The van der Waals surface area contributed by atoms with Gasteiger partial charge in [0.25, 0.3) is 0 Å². The molecule has 1 aromatic rings. The molecular weight excluding hydrogens is 212 g/mol. The summed E-state index contributed by atoms with van der Waals surface area (Å²) in [5.41, 5.74) is 3.82. The van der Waals surface area contributed by atoms with Crippen LogP contribution in [0.5, 0.6) is 0 Å². The van der Waals surface area contributed by atoms with Gasteiger partial charge in [0.1, 0.15) is 0 Å². The van der Waals surface area contributed by atoms with Crippen LogP contribution in [0.25, 0.3) is 0 Å². The predicted octanol–water partition coefficient (Wildman–Crippen LogP) is 1.92. The quantitative estimate of drug-likeness (QED) is 0.759. The molecule has 0 heterocycles. The van der Waals surface area contributed by atoms with Gasteiger partial charge in [0.05, 0.1) is 6.61 Å². The smallest absolute Gasteiger partial charge is 0.0606 e. The average Bonchev–Trinajstić information content (AvgIpc) is 2.34. The van der Waals surface area contributed by atoms with Gasteiger partial charge in [-0.15, -0.1) is 0 Å². The maximum absolute atomic E-state index is 9.09. The van der Waals surface area contributed by atoms with Crippen molar-refractivity contribution in [2.45, 2.75) is 27.3 Å². The highest BCUT2D eigenvalue weighted by Crippen LogP contribution is 2.21. The van der Waals surface area contributed by atoms with E-state index in [1.807, 2.05) is 0 Å². The number of aliphatic hydroxyl groups is 1. The van der Waals surface area contributed by atoms with Gasteiger partial charge in [-0.2, -0.15) is 0 Å². The highest BCUT2D eigenvalue weighted by molar-refractivity contribution is 5.55. The van der Waals surface area contributed by atoms with Crippen molar-refractivity contribution in [2.24, 2.45) is 0 Å². The summed E-state index contributed by atoms with van der Waals surface area (Å²) in [6.07, 6.45) is 0. The molecule has 2 N–H and O–H groups in total. The molecule has 96 valence electrons. The third-order valence-corrected chi connectivity index (χ3v) is 2.89. The number of rotatable bonds is 7. The Hall–Kier alpha value is -1.06. The normalized spacial score (nSPS) is 10.6. The SMILES string of the molecule is CCNCc1cc(C)ccc1N(CC)CCO. The summed E-state index contributed by atoms with van der Waals surface area (Å²) in [4.78, 5) is 2.21. The molecule has 0 bridgehead atoms. The van der Waals surface area contributed by atoms with Gasteiger partial charge in [-0.1, -0.05) is 24.6 Å². The summed E-state index contributed by atoms with van der Waals surface area (Å²) in [5, 5.41) is 12.5. The van der Waals surface area contributed by atoms with E-state index in [-0.39, 0.29) is 6.61 Å². The molecule has 1 rings (SSSR count). The fraction of sp³-hybridized carbons (Fsp3) is 0.571. The Labute approximate surface area is 104 Å². The van der Waals surface area contributed by atoms with Crippen molar-refractivity contribution < 1.29 is 5.11 Å². The Morgan fingerprint density at radius 3 is 2.65 bits per heavy atom. The number of likely N-dealkylation sites (N-methyl/N-ethyl adjacent to an activating group) is 1. The van der Waals surface area contributed by atoms with Gasteiger partial charge in [-0.05, 0) is 32.0 Å². The lowest BCUT2D eigenvalue weighted by Crippen LogP contribution is -2.28. The summed E-state index contributed by atoms with van der Waals surface area (Å²) < 4.78 is 0. The fourth-order valence-corrected chi connectivity index (χ4v) is 1.99. The monoisotopic (exact) mass is 236 g/mol. The van der Waals surface area contributed by atoms with Crippen LogP contribution in [-0.4, -0.2) is 31.3 Å². The van der Waals surface area contributed by atoms with Gasteiger partial charge >= 0.3 is 0 Å². The standard InChI is InChI=1S/C14H24N2O/c1-4-15-11-13-10-12(3)6-7-14(13)16(5-2)8-9-17/h6-7,10,15,17H,4-5,8-9,11H2,1-3H3. The van der Waals surface area contributed by atoms with Crippen LogP contribution in [0.3, 0.4) is 0 Å². The van der Waals surface area contributed by atoms with Crippen LogP contribution in [0.15, 0.2) is 18.2 Å². The second kappa shape index (κ2) is 7.30. The molecule has 0 unspecified atom stereocenters. The van der Waals surface area contributed by atoms with Gasteiger partial charge < -0.3 is 15.3 Å². The predicted molar refractivity (Wildman–Crippen MR) is 73.5 cm³/mol. The number of anilines is 1. The molecule has 0 saturated carbocycles. The lowest BCUT2D eigenvalue weighted by Gasteiger charge is -2.25. The second-order valence-electron chi connectivity index (χ2n) is 4.22. The number of hydrogen-bond acceptors (Lipinski definition) is 3. The van der Waals surface area contributed by atoms with Crippen LogP contribution in [0, 0.1) is 6.92 Å². The summed E-state index contributed by atoms with van der Waals surface area (Å²) >= 11 is 0. The first-order chi connectivity index (χ1) is 8.22. The zero-order valence-electron chi connectivity index (χ0n) is 11.2. The summed E-state index contributed by atoms with van der Waals surface area (Å²) in [5.74, 6) is 0. The average molecular weight is 236 g/mol. The second-order valence-corrected chi connectivity index (χ2v) is 4.22. The number of nitrogens with zero attached hydrogens (tertiary/aromatic N) is 1. The minimum Gasteiger partial charge on any atom is -0.395 e. The zero-order chi connectivity index (χ0) is 12.7. The van der Waals surface area contributed by atoms with Crippen LogP contribution in [0.1, 0.15) is 25.0 Å². The first kappa shape index (κ1) is 14.0. The van der Waals surface area contributed by atoms with Gasteiger partial charge in [-0.25, -0.2) is 0 Å². The minimum atomic E-state index is 0.197. The van der Waals surface area contributed by atoms with Crippen LogP contribution in [-0.2, 0) is 6.54 Å². The largest absolute Gasteiger partial charge is 0.395 e. The molecule has 3 nitrogen and oxygen atoms in total. The number of hydrogen-bond donors (Lipinski definition) is 2. The van der Waals surface area contributed by atoms with Crippen molar-refractivity contribution in [2.75, 3.05) is 31.1 Å². The van der Waals surface area contributed by atoms with E-state index >= 15 is 0 Å². The summed E-state index contributed by atoms with van der Waals surface area (Å²) in [6, 6.07) is 6.50. The molecule has 1 aromatic carbocycles. The maximum Gasteiger partial charge on any atom is 0.0606 e. The molecule has 0 spiro atoms. The Kier molecular flexibility index (Phi) is 6.01. The third kappa shape index (κ3) is 4.02. The van der Waals surface area contributed by atoms with Crippen molar-refractivity contribution in [1.82, 2.24) is 5.32 Å². The van der Waals surface area contributed by atoms with Crippen molar-refractivity contribution in [3.8, 4) is 0 Å². The number of aryl methyl sites for hydroxylation is 1. The summed E-state index contributed by atoms with van der Waals surface area (Å²) in [7, 11) is 0. The lowest BCUT2D eigenvalue weighted by molar-refractivity contribution is 0.302. The van der Waals surface area contributed by atoms with Gasteiger partial charge in [0.2, 0.25) is 0 Å². The highest BCUT2D eigenvalue weighted by Gasteiger charge is 2.09. The molecule has 0 atom stereocenters. The van der Waals surface area contributed by atoms with E-state index < -0.39 is 0 Å². The molecule has 0 aliphatic rings. The number of aliphatic hydroxyl groups excluding tert-OH is 1. The molecule has 0 aliphatic heterocycles. The molecular formula is C14H24N2O. The third-order valence-electron chi connectivity index (χ3n) is 2.89. The van der Waals surface area contributed by atoms with Gasteiger partial charge in [-0.3, -0.25) is 0 Å². The molecule has 0 radical (unpaired) electrons. The molecule has 0 aromatic heterocycles. The Balaban J connectivity index is 2.94. The lowest BCUT2D eigenvalue weighted by atomic mass is 10.1. The first-order valence-electron chi connectivity index (χ1n) is 6.39. The van der Waals surface area contributed by atoms with Gasteiger partial charge in [0.15, 0.2) is 0 Å². The minimum absolute atomic E-state index is 0.197. The fourth-order valence-electron chi connectivity index (χ4n) is 1.99. The molecule has 0 aliphatic carbocycles. The molecule has 0 amide bonds. The van der Waals surface area contributed by atoms with E-state index in [0.717, 1.165) is 19.6 Å². The Bertz CT molecular complexity index is 339. The number of nitrogens with one attached hydrogen (secondary N) is 1. The Morgan fingerprint density at radius 2 is 2.06 bits per heavy atom. The molecule has 3 heteroatoms. The van der Waals surface area contributed by atoms with Crippen LogP contribution in [0.2, 0.25) is 0 Å². The molecule has 0 fully saturated rings. The van der Waals surface area contributed by atoms with E-state index in [2.05, 4.69) is 49.2 Å². The first-order valence-corrected chi connectivity index (χ1v) is 6.39. The topological polar surface area (TPSA) is 35.5 Å². The maximum atomic E-state index is 9.09. The highest BCUT2D eigenvalue weighted by atomic mass is 16.3. The van der Waals surface area contributed by atoms with Crippen LogP contribution >= 0.6 is 0 Å². The van der Waals surface area contributed by atoms with E-state index in [1.54, 1.807) is 0 Å². The number of benzene rings is 1. The van der Waals surface area contributed by atoms with Crippen LogP contribution in [0.4, 0.5) is 5.69 Å². The Morgan fingerprint density at radius 1 is 1.29 bits per heavy atom. The van der Waals surface area contributed by atoms with Crippen molar-refractivity contribution in [1.29, 1.82) is 0 Å². The zero-order valence-corrected chi connectivity index (χ0v) is 11.2. The van der Waals surface area contributed by atoms with E-state index in [4.69, 9.17) is 5.11 Å². The van der Waals surface area contributed by atoms with Crippen molar-refractivity contribution >= 4 is 5.69 Å². The molecule has 17 heavy (non-hydrogen) atoms. The molecule has 0 saturated heterocycles. The van der Waals surface area contributed by atoms with Crippen LogP contribution < -0.4 is 10.2 Å². The van der Waals surface area contributed by atoms with Gasteiger partial charge in [0, 0.05) is 25.3 Å². The van der Waals surface area contributed by atoms with E-state index in [0.29, 0.717) is 6.54 Å². The van der Waals surface area contributed by atoms with Crippen molar-refractivity contribution in [3.05, 3.63) is 29.3 Å². The van der Waals surface area contributed by atoms with E-state index in [9.17, 15) is 0 Å². The summed E-state index contributed by atoms with van der Waals surface area (Å²) in [6.45, 7) is 10.0. The van der Waals surface area contributed by atoms with Crippen molar-refractivity contribution in [3.63, 3.8) is 0 Å². The van der Waals surface area contributed by atoms with E-state index in [1.165, 1.54) is 16.8 Å².